The highest BCUT2D eigenvalue weighted by Crippen LogP contribution is 2.31. The van der Waals surface area contributed by atoms with Gasteiger partial charge in [-0.3, -0.25) is 9.89 Å². The number of pyridine rings is 1. The van der Waals surface area contributed by atoms with Crippen molar-refractivity contribution in [1.29, 1.82) is 0 Å². The summed E-state index contributed by atoms with van der Waals surface area (Å²) in [4.78, 5) is 17.0. The van der Waals surface area contributed by atoms with E-state index < -0.39 is 23.3 Å². The molecule has 2 aromatic carbocycles. The van der Waals surface area contributed by atoms with Gasteiger partial charge in [0.1, 0.15) is 6.61 Å². The van der Waals surface area contributed by atoms with Gasteiger partial charge in [0.25, 0.3) is 0 Å². The van der Waals surface area contributed by atoms with E-state index in [1.54, 1.807) is 6.07 Å². The van der Waals surface area contributed by atoms with Crippen LogP contribution in [0.3, 0.4) is 0 Å². The first-order valence-electron chi connectivity index (χ1n) is 9.73. The number of fused-ring (bicyclic) bond motifs is 1. The Morgan fingerprint density at radius 1 is 1.12 bits per heavy atom. The first-order chi connectivity index (χ1) is 15.6. The maximum Gasteiger partial charge on any atom is 0.416 e. The van der Waals surface area contributed by atoms with E-state index in [0.717, 1.165) is 23.2 Å². The van der Waals surface area contributed by atoms with Gasteiger partial charge in [0, 0.05) is 23.7 Å². The second-order valence-electron chi connectivity index (χ2n) is 7.38. The molecule has 4 aromatic rings. The number of rotatable bonds is 6. The van der Waals surface area contributed by atoms with Crippen molar-refractivity contribution in [3.8, 4) is 5.75 Å². The van der Waals surface area contributed by atoms with Crippen LogP contribution in [0, 0.1) is 12.7 Å². The van der Waals surface area contributed by atoms with Crippen molar-refractivity contribution in [1.82, 2.24) is 15.2 Å². The van der Waals surface area contributed by atoms with E-state index in [9.17, 15) is 18.0 Å². The Hall–Kier alpha value is -3.46. The summed E-state index contributed by atoms with van der Waals surface area (Å²) in [7, 11) is 0. The minimum Gasteiger partial charge on any atom is -0.486 e. The number of carbonyl (C=O) groups excluding carboxylic acids is 1. The number of hydrogen-bond acceptors (Lipinski definition) is 4. The molecule has 0 radical (unpaired) electrons. The lowest BCUT2D eigenvalue weighted by Crippen LogP contribution is -2.09. The summed E-state index contributed by atoms with van der Waals surface area (Å²) in [5, 5.41) is 7.50. The van der Waals surface area contributed by atoms with E-state index in [1.807, 2.05) is 6.92 Å². The largest absolute Gasteiger partial charge is 0.486 e. The number of nitrogens with zero attached hydrogens (tertiary/aromatic N) is 2. The van der Waals surface area contributed by atoms with Crippen LogP contribution in [-0.2, 0) is 19.2 Å². The van der Waals surface area contributed by atoms with Gasteiger partial charge in [0.05, 0.1) is 16.1 Å². The maximum atomic E-state index is 15.1. The Balaban J connectivity index is 1.52. The predicted octanol–water partition coefficient (Wildman–Crippen LogP) is 6.08. The summed E-state index contributed by atoms with van der Waals surface area (Å²) < 4.78 is 58.5. The number of aromatic nitrogens is 3. The van der Waals surface area contributed by atoms with Gasteiger partial charge in [-0.1, -0.05) is 23.7 Å². The van der Waals surface area contributed by atoms with Crippen LogP contribution >= 0.6 is 11.6 Å². The second kappa shape index (κ2) is 8.82. The number of ketones is 1. The van der Waals surface area contributed by atoms with Crippen LogP contribution in [-0.4, -0.2) is 21.0 Å². The van der Waals surface area contributed by atoms with E-state index >= 15 is 4.39 Å². The highest BCUT2D eigenvalue weighted by molar-refractivity contribution is 6.34. The van der Waals surface area contributed by atoms with Crippen LogP contribution in [0.15, 0.2) is 48.7 Å². The highest BCUT2D eigenvalue weighted by Gasteiger charge is 2.30. The Kier molecular flexibility index (Phi) is 6.07. The minimum atomic E-state index is -4.45. The van der Waals surface area contributed by atoms with E-state index in [2.05, 4.69) is 15.2 Å². The van der Waals surface area contributed by atoms with Gasteiger partial charge >= 0.3 is 6.18 Å². The normalized spacial score (nSPS) is 11.7. The first-order valence-corrected chi connectivity index (χ1v) is 10.1. The lowest BCUT2D eigenvalue weighted by atomic mass is 10.0. The molecule has 5 nitrogen and oxygen atoms in total. The highest BCUT2D eigenvalue weighted by atomic mass is 35.5. The van der Waals surface area contributed by atoms with Crippen molar-refractivity contribution < 1.29 is 27.1 Å². The number of Topliss-reactive ketones (excluding diaryl/α,β-unsaturated/α-hetero) is 1. The zero-order chi connectivity index (χ0) is 23.8. The van der Waals surface area contributed by atoms with Crippen molar-refractivity contribution in [3.63, 3.8) is 0 Å². The summed E-state index contributed by atoms with van der Waals surface area (Å²) in [6.07, 6.45) is -3.11. The Labute approximate surface area is 190 Å². The third-order valence-corrected chi connectivity index (χ3v) is 5.35. The molecule has 0 aliphatic carbocycles. The Bertz CT molecular complexity index is 1330. The van der Waals surface area contributed by atoms with Crippen molar-refractivity contribution in [2.45, 2.75) is 26.1 Å². The van der Waals surface area contributed by atoms with Crippen LogP contribution in [0.4, 0.5) is 17.6 Å². The zero-order valence-electron chi connectivity index (χ0n) is 17.1. The van der Waals surface area contributed by atoms with E-state index in [4.69, 9.17) is 16.3 Å². The van der Waals surface area contributed by atoms with Gasteiger partial charge < -0.3 is 4.74 Å². The van der Waals surface area contributed by atoms with Crippen molar-refractivity contribution in [3.05, 3.63) is 87.4 Å². The predicted molar refractivity (Wildman–Crippen MR) is 114 cm³/mol. The summed E-state index contributed by atoms with van der Waals surface area (Å²) in [5.74, 6) is -1.74. The minimum absolute atomic E-state index is 0.0760. The lowest BCUT2D eigenvalue weighted by molar-refractivity contribution is -0.137. The Morgan fingerprint density at radius 2 is 1.85 bits per heavy atom. The Morgan fingerprint density at radius 3 is 2.55 bits per heavy atom. The first kappa shape index (κ1) is 22.7. The van der Waals surface area contributed by atoms with Gasteiger partial charge in [-0.25, -0.2) is 9.37 Å². The molecule has 170 valence electrons. The standard InChI is InChI=1S/C23H16ClF4N3O2/c1-12-16-8-14(10-29-22(16)31-30-12)9-18(32)20-17(24)6-7-19(21(20)25)33-11-13-2-4-15(5-3-13)23(26,27)28/h2-8,10H,9,11H2,1H3,(H,29,30,31). The molecule has 0 saturated carbocycles. The number of carbonyl (C=O) groups is 1. The van der Waals surface area contributed by atoms with Gasteiger partial charge in [0.15, 0.2) is 23.0 Å². The molecule has 2 heterocycles. The van der Waals surface area contributed by atoms with Crippen LogP contribution < -0.4 is 4.74 Å². The number of aryl methyl sites for hydroxylation is 1. The number of ether oxygens (including phenoxy) is 1. The molecule has 0 saturated heterocycles. The SMILES string of the molecule is Cc1[nH]nc2ncc(CC(=O)c3c(Cl)ccc(OCc4ccc(C(F)(F)F)cc4)c3F)cc12. The molecule has 0 unspecified atom stereocenters. The van der Waals surface area contributed by atoms with Gasteiger partial charge in [-0.05, 0) is 48.4 Å². The average molecular weight is 478 g/mol. The third kappa shape index (κ3) is 4.83. The topological polar surface area (TPSA) is 67.9 Å². The zero-order valence-corrected chi connectivity index (χ0v) is 17.9. The molecule has 0 atom stereocenters. The maximum absolute atomic E-state index is 15.1. The van der Waals surface area contributed by atoms with Crippen molar-refractivity contribution >= 4 is 28.4 Å². The summed E-state index contributed by atoms with van der Waals surface area (Å²) in [6, 6.07) is 8.66. The fourth-order valence-electron chi connectivity index (χ4n) is 3.28. The van der Waals surface area contributed by atoms with E-state index in [-0.39, 0.29) is 29.4 Å². The number of benzene rings is 2. The third-order valence-electron chi connectivity index (χ3n) is 5.03. The quantitative estimate of drug-likeness (QED) is 0.270. The van der Waals surface area contributed by atoms with Crippen LogP contribution in [0.1, 0.15) is 32.7 Å². The molecule has 0 fully saturated rings. The van der Waals surface area contributed by atoms with Gasteiger partial charge in [-0.2, -0.15) is 18.3 Å². The molecule has 0 bridgehead atoms. The van der Waals surface area contributed by atoms with Crippen LogP contribution in [0.5, 0.6) is 5.75 Å². The molecule has 0 aliphatic rings. The molecule has 0 spiro atoms. The number of H-pyrrole nitrogens is 1. The lowest BCUT2D eigenvalue weighted by Gasteiger charge is -2.12. The van der Waals surface area contributed by atoms with E-state index in [0.29, 0.717) is 16.8 Å². The molecule has 4 rings (SSSR count). The molecule has 2 aromatic heterocycles. The smallest absolute Gasteiger partial charge is 0.416 e. The summed E-state index contributed by atoms with van der Waals surface area (Å²) >= 11 is 6.09. The van der Waals surface area contributed by atoms with E-state index in [1.165, 1.54) is 30.5 Å². The fraction of sp³-hybridized carbons (Fsp3) is 0.174. The molecule has 1 N–H and O–H groups in total. The monoisotopic (exact) mass is 477 g/mol. The molecule has 33 heavy (non-hydrogen) atoms. The summed E-state index contributed by atoms with van der Waals surface area (Å²) in [5.41, 5.74) is 1.13. The average Bonchev–Trinajstić information content (AvgIpc) is 3.13. The van der Waals surface area contributed by atoms with Crippen LogP contribution in [0.2, 0.25) is 5.02 Å². The number of nitrogens with one attached hydrogen (secondary N) is 1. The number of halogens is 5. The number of hydrogen-bond donors (Lipinski definition) is 1. The molecular weight excluding hydrogens is 462 g/mol. The molecule has 0 aliphatic heterocycles. The molecule has 0 amide bonds. The second-order valence-corrected chi connectivity index (χ2v) is 7.79. The fourth-order valence-corrected chi connectivity index (χ4v) is 3.54. The molecule has 10 heteroatoms. The van der Waals surface area contributed by atoms with Gasteiger partial charge in [-0.15, -0.1) is 0 Å². The van der Waals surface area contributed by atoms with Crippen molar-refractivity contribution in [2.75, 3.05) is 0 Å². The summed E-state index contributed by atoms with van der Waals surface area (Å²) in [6.45, 7) is 1.63. The molecular formula is C23H16ClF4N3O2. The van der Waals surface area contributed by atoms with Gasteiger partial charge in [0.2, 0.25) is 0 Å². The number of alkyl halides is 3. The number of aromatic amines is 1. The van der Waals surface area contributed by atoms with Crippen LogP contribution in [0.25, 0.3) is 11.0 Å². The van der Waals surface area contributed by atoms with Crippen molar-refractivity contribution in [2.24, 2.45) is 0 Å².